The number of anilines is 1. The van der Waals surface area contributed by atoms with E-state index in [2.05, 4.69) is 15.8 Å². The van der Waals surface area contributed by atoms with E-state index in [4.69, 9.17) is 14.0 Å². The molecule has 1 aliphatic carbocycles. The Morgan fingerprint density at radius 3 is 2.54 bits per heavy atom. The van der Waals surface area contributed by atoms with Crippen molar-refractivity contribution in [1.29, 1.82) is 0 Å². The van der Waals surface area contributed by atoms with Gasteiger partial charge in [0.05, 0.1) is 24.5 Å². The number of nitrogens with zero attached hydrogens (tertiary/aromatic N) is 2. The molecule has 4 heterocycles. The van der Waals surface area contributed by atoms with Gasteiger partial charge in [0, 0.05) is 18.7 Å². The summed E-state index contributed by atoms with van der Waals surface area (Å²) in [5, 5.41) is 9.88. The fourth-order valence-electron chi connectivity index (χ4n) is 6.88. The van der Waals surface area contributed by atoms with Gasteiger partial charge in [-0.1, -0.05) is 48.7 Å². The highest BCUT2D eigenvalue weighted by molar-refractivity contribution is 6.03. The Labute approximate surface area is 227 Å². The first-order valence-electron chi connectivity index (χ1n) is 13.6. The molecule has 0 unspecified atom stereocenters. The average molecular weight is 535 g/mol. The summed E-state index contributed by atoms with van der Waals surface area (Å²) in [6, 6.07) is 8.17. The zero-order chi connectivity index (χ0) is 27.4. The number of nitrogens with one attached hydrogen (secondary N) is 2. The predicted octanol–water partition coefficient (Wildman–Crippen LogP) is 3.12. The van der Waals surface area contributed by atoms with E-state index in [-0.39, 0.29) is 30.2 Å². The van der Waals surface area contributed by atoms with Crippen molar-refractivity contribution < 1.29 is 28.4 Å². The highest BCUT2D eigenvalue weighted by atomic mass is 16.5. The van der Waals surface area contributed by atoms with Crippen LogP contribution in [-0.2, 0) is 25.7 Å². The summed E-state index contributed by atoms with van der Waals surface area (Å²) in [5.41, 5.74) is -1.45. The van der Waals surface area contributed by atoms with Gasteiger partial charge in [0.15, 0.2) is 5.82 Å². The van der Waals surface area contributed by atoms with E-state index in [9.17, 15) is 14.4 Å². The highest BCUT2D eigenvalue weighted by Gasteiger charge is 2.76. The van der Waals surface area contributed by atoms with Crippen LogP contribution >= 0.6 is 0 Å². The van der Waals surface area contributed by atoms with Crippen LogP contribution in [0.5, 0.6) is 5.75 Å². The second-order valence-electron chi connectivity index (χ2n) is 11.3. The Morgan fingerprint density at radius 2 is 1.87 bits per heavy atom. The van der Waals surface area contributed by atoms with Gasteiger partial charge < -0.3 is 29.5 Å². The van der Waals surface area contributed by atoms with Gasteiger partial charge in [-0.2, -0.15) is 0 Å². The molecular formula is C29H34N4O6. The molecule has 1 aromatic carbocycles. The first kappa shape index (κ1) is 25.6. The van der Waals surface area contributed by atoms with Crippen LogP contribution in [0.25, 0.3) is 0 Å². The quantitative estimate of drug-likeness (QED) is 0.523. The number of aromatic nitrogens is 1. The monoisotopic (exact) mass is 534 g/mol. The SMILES string of the molecule is COc1ccc(CN2C(=O)[C@H]3[C@@H](C(=O)Nc4cc(C)on4)[C@]4(C)C=C[C@]3(O4)[C@H]2C(=O)NC2CCCCC2)cc1. The molecule has 3 amide bonds. The number of rotatable bonds is 7. The summed E-state index contributed by atoms with van der Waals surface area (Å²) < 4.78 is 17.0. The van der Waals surface area contributed by atoms with Crippen molar-refractivity contribution in [2.24, 2.45) is 11.8 Å². The lowest BCUT2D eigenvalue weighted by Crippen LogP contribution is -2.56. The second-order valence-corrected chi connectivity index (χ2v) is 11.3. The molecule has 10 heteroatoms. The van der Waals surface area contributed by atoms with Crippen LogP contribution in [0.1, 0.15) is 50.4 Å². The molecule has 1 spiro atoms. The molecule has 2 aromatic rings. The van der Waals surface area contributed by atoms with Crippen LogP contribution < -0.4 is 15.4 Å². The third-order valence-electron chi connectivity index (χ3n) is 8.67. The van der Waals surface area contributed by atoms with Crippen LogP contribution in [0.3, 0.4) is 0 Å². The molecule has 5 atom stereocenters. The maximum Gasteiger partial charge on any atom is 0.246 e. The molecule has 2 bridgehead atoms. The van der Waals surface area contributed by atoms with Gasteiger partial charge >= 0.3 is 0 Å². The summed E-state index contributed by atoms with van der Waals surface area (Å²) in [5.74, 6) is -1.10. The van der Waals surface area contributed by atoms with Crippen molar-refractivity contribution in [1.82, 2.24) is 15.4 Å². The molecular weight excluding hydrogens is 500 g/mol. The number of hydrogen-bond donors (Lipinski definition) is 2. The van der Waals surface area contributed by atoms with E-state index in [1.165, 1.54) is 0 Å². The van der Waals surface area contributed by atoms with Crippen molar-refractivity contribution in [3.63, 3.8) is 0 Å². The smallest absolute Gasteiger partial charge is 0.246 e. The molecule has 0 radical (unpaired) electrons. The normalized spacial score (nSPS) is 31.4. The number of hydrogen-bond acceptors (Lipinski definition) is 7. The Balaban J connectivity index is 1.35. The molecule has 10 nitrogen and oxygen atoms in total. The molecule has 3 aliphatic heterocycles. The topological polar surface area (TPSA) is 123 Å². The van der Waals surface area contributed by atoms with Gasteiger partial charge in [-0.3, -0.25) is 14.4 Å². The Kier molecular flexibility index (Phi) is 6.25. The summed E-state index contributed by atoms with van der Waals surface area (Å²) in [4.78, 5) is 43.4. The zero-order valence-electron chi connectivity index (χ0n) is 22.4. The van der Waals surface area contributed by atoms with Crippen molar-refractivity contribution in [3.8, 4) is 5.75 Å². The number of benzene rings is 1. The first-order chi connectivity index (χ1) is 18.7. The van der Waals surface area contributed by atoms with E-state index in [0.29, 0.717) is 11.5 Å². The van der Waals surface area contributed by atoms with Crippen molar-refractivity contribution in [2.45, 2.75) is 75.8 Å². The van der Waals surface area contributed by atoms with Crippen LogP contribution in [-0.4, -0.2) is 58.2 Å². The maximum absolute atomic E-state index is 14.2. The van der Waals surface area contributed by atoms with Crippen molar-refractivity contribution >= 4 is 23.5 Å². The lowest BCUT2D eigenvalue weighted by molar-refractivity contribution is -0.145. The number of fused-ring (bicyclic) bond motifs is 1. The zero-order valence-corrected chi connectivity index (χ0v) is 22.4. The molecule has 39 heavy (non-hydrogen) atoms. The number of aryl methyl sites for hydroxylation is 1. The van der Waals surface area contributed by atoms with Gasteiger partial charge in [-0.05, 0) is 44.4 Å². The molecule has 1 aromatic heterocycles. The lowest BCUT2D eigenvalue weighted by Gasteiger charge is -2.34. The third kappa shape index (κ3) is 4.21. The standard InChI is InChI=1S/C29H34N4O6/c1-17-15-21(32-38-17)31-25(34)22-23-27(36)33(16-18-9-11-20(37-3)12-10-18)24(29(23)14-13-28(22,2)39-29)26(35)30-19-7-5-4-6-8-19/h9-15,19,22-24H,4-8,16H2,1-3H3,(H,30,35)(H,31,32,34)/t22-,23+,24+,28-,29+/m0/s1. The summed E-state index contributed by atoms with van der Waals surface area (Å²) >= 11 is 0. The second kappa shape index (κ2) is 9.51. The number of carbonyl (C=O) groups excluding carboxylic acids is 3. The van der Waals surface area contributed by atoms with E-state index >= 15 is 0 Å². The predicted molar refractivity (Wildman–Crippen MR) is 141 cm³/mol. The van der Waals surface area contributed by atoms with Gasteiger partial charge in [-0.15, -0.1) is 0 Å². The van der Waals surface area contributed by atoms with E-state index in [1.54, 1.807) is 31.9 Å². The van der Waals surface area contributed by atoms with Gasteiger partial charge in [0.1, 0.15) is 23.2 Å². The summed E-state index contributed by atoms with van der Waals surface area (Å²) in [6.07, 6.45) is 8.78. The fourth-order valence-corrected chi connectivity index (χ4v) is 6.88. The van der Waals surface area contributed by atoms with Crippen LogP contribution in [0.2, 0.25) is 0 Å². The van der Waals surface area contributed by atoms with E-state index in [1.807, 2.05) is 36.4 Å². The number of likely N-dealkylation sites (tertiary alicyclic amines) is 1. The lowest BCUT2D eigenvalue weighted by atomic mass is 9.70. The minimum Gasteiger partial charge on any atom is -0.497 e. The summed E-state index contributed by atoms with van der Waals surface area (Å²) in [7, 11) is 1.59. The highest BCUT2D eigenvalue weighted by Crippen LogP contribution is 2.60. The third-order valence-corrected chi connectivity index (χ3v) is 8.67. The fraction of sp³-hybridized carbons (Fsp3) is 0.517. The summed E-state index contributed by atoms with van der Waals surface area (Å²) in [6.45, 7) is 3.73. The Bertz CT molecular complexity index is 1320. The van der Waals surface area contributed by atoms with Crippen LogP contribution in [0.15, 0.2) is 47.0 Å². The van der Waals surface area contributed by atoms with Crippen LogP contribution in [0, 0.1) is 18.8 Å². The minimum absolute atomic E-state index is 0.0623. The van der Waals surface area contributed by atoms with Crippen molar-refractivity contribution in [3.05, 3.63) is 53.8 Å². The molecule has 2 N–H and O–H groups in total. The molecule has 4 aliphatic rings. The maximum atomic E-state index is 14.2. The largest absolute Gasteiger partial charge is 0.497 e. The van der Waals surface area contributed by atoms with Crippen molar-refractivity contribution in [2.75, 3.05) is 12.4 Å². The van der Waals surface area contributed by atoms with E-state index in [0.717, 1.165) is 37.7 Å². The van der Waals surface area contributed by atoms with Gasteiger partial charge in [-0.25, -0.2) is 0 Å². The molecule has 6 rings (SSSR count). The molecule has 1 saturated carbocycles. The van der Waals surface area contributed by atoms with Gasteiger partial charge in [0.2, 0.25) is 17.7 Å². The molecule has 2 saturated heterocycles. The van der Waals surface area contributed by atoms with Gasteiger partial charge in [0.25, 0.3) is 0 Å². The average Bonchev–Trinajstić information content (AvgIpc) is 3.62. The number of carbonyl (C=O) groups is 3. The van der Waals surface area contributed by atoms with Crippen LogP contribution in [0.4, 0.5) is 5.82 Å². The number of amides is 3. The number of methoxy groups -OCH3 is 1. The first-order valence-corrected chi connectivity index (χ1v) is 13.6. The van der Waals surface area contributed by atoms with E-state index < -0.39 is 35.0 Å². The molecule has 3 fully saturated rings. The molecule has 206 valence electrons. The minimum atomic E-state index is -1.25. The Hall–Kier alpha value is -3.66. The Morgan fingerprint density at radius 1 is 1.13 bits per heavy atom. The number of ether oxygens (including phenoxy) is 2.